The molecule has 32 heavy (non-hydrogen) atoms. The maximum atomic E-state index is 13.1. The Bertz CT molecular complexity index is 1090. The molecule has 1 N–H and O–H groups in total. The summed E-state index contributed by atoms with van der Waals surface area (Å²) >= 11 is 0. The number of halogens is 1. The Morgan fingerprint density at radius 3 is 2.59 bits per heavy atom. The monoisotopic (exact) mass is 437 g/mol. The maximum absolute atomic E-state index is 13.1. The smallest absolute Gasteiger partial charge is 0.255 e. The SMILES string of the molecule is CN(C)c1nc(N2CCOCC2)ncc1NC(=O)c1cccc(Oc2ccc(F)cc2)c1. The number of anilines is 3. The Balaban J connectivity index is 1.51. The summed E-state index contributed by atoms with van der Waals surface area (Å²) in [5.74, 6) is 1.49. The van der Waals surface area contributed by atoms with Crippen molar-refractivity contribution in [2.24, 2.45) is 0 Å². The third kappa shape index (κ3) is 5.12. The van der Waals surface area contributed by atoms with E-state index in [1.807, 2.05) is 19.0 Å². The first-order valence-electron chi connectivity index (χ1n) is 10.2. The first-order chi connectivity index (χ1) is 15.5. The van der Waals surface area contributed by atoms with Crippen LogP contribution in [0.3, 0.4) is 0 Å². The molecule has 0 spiro atoms. The molecule has 0 atom stereocenters. The maximum Gasteiger partial charge on any atom is 0.255 e. The molecule has 1 amide bonds. The lowest BCUT2D eigenvalue weighted by molar-refractivity contribution is 0.102. The number of benzene rings is 2. The van der Waals surface area contributed by atoms with E-state index in [-0.39, 0.29) is 11.7 Å². The Hall–Kier alpha value is -3.72. The van der Waals surface area contributed by atoms with E-state index >= 15 is 0 Å². The number of nitrogens with zero attached hydrogens (tertiary/aromatic N) is 4. The second-order valence-corrected chi connectivity index (χ2v) is 7.44. The fraction of sp³-hybridized carbons (Fsp3) is 0.261. The molecule has 4 rings (SSSR count). The molecule has 0 bridgehead atoms. The molecule has 9 heteroatoms. The van der Waals surface area contributed by atoms with Crippen LogP contribution < -0.4 is 19.9 Å². The Labute approximate surface area is 185 Å². The molecule has 2 heterocycles. The van der Waals surface area contributed by atoms with Gasteiger partial charge < -0.3 is 24.6 Å². The molecule has 1 aromatic heterocycles. The van der Waals surface area contributed by atoms with Gasteiger partial charge in [0.1, 0.15) is 23.0 Å². The molecule has 1 aliphatic heterocycles. The number of carbonyl (C=O) groups is 1. The van der Waals surface area contributed by atoms with Crippen LogP contribution in [0.4, 0.5) is 21.8 Å². The fourth-order valence-corrected chi connectivity index (χ4v) is 3.24. The lowest BCUT2D eigenvalue weighted by Crippen LogP contribution is -2.37. The summed E-state index contributed by atoms with van der Waals surface area (Å²) in [6, 6.07) is 12.4. The summed E-state index contributed by atoms with van der Waals surface area (Å²) in [4.78, 5) is 25.9. The zero-order valence-corrected chi connectivity index (χ0v) is 17.9. The fourth-order valence-electron chi connectivity index (χ4n) is 3.24. The van der Waals surface area contributed by atoms with E-state index in [1.165, 1.54) is 24.3 Å². The summed E-state index contributed by atoms with van der Waals surface area (Å²) < 4.78 is 24.2. The second-order valence-electron chi connectivity index (χ2n) is 7.44. The molecule has 0 aliphatic carbocycles. The highest BCUT2D eigenvalue weighted by molar-refractivity contribution is 6.05. The van der Waals surface area contributed by atoms with Gasteiger partial charge >= 0.3 is 0 Å². The van der Waals surface area contributed by atoms with E-state index in [2.05, 4.69) is 20.2 Å². The molecular formula is C23H24FN5O3. The molecule has 166 valence electrons. The normalized spacial score (nSPS) is 13.5. The number of ether oxygens (including phenoxy) is 2. The number of carbonyl (C=O) groups excluding carboxylic acids is 1. The van der Waals surface area contributed by atoms with Crippen molar-refractivity contribution in [3.8, 4) is 11.5 Å². The predicted molar refractivity (Wildman–Crippen MR) is 120 cm³/mol. The number of rotatable bonds is 6. The largest absolute Gasteiger partial charge is 0.457 e. The van der Waals surface area contributed by atoms with Gasteiger partial charge in [0, 0.05) is 32.7 Å². The third-order valence-corrected chi connectivity index (χ3v) is 4.87. The van der Waals surface area contributed by atoms with Crippen molar-refractivity contribution < 1.29 is 18.7 Å². The minimum Gasteiger partial charge on any atom is -0.457 e. The van der Waals surface area contributed by atoms with Crippen molar-refractivity contribution in [2.45, 2.75) is 0 Å². The van der Waals surface area contributed by atoms with Crippen LogP contribution >= 0.6 is 0 Å². The number of nitrogens with one attached hydrogen (secondary N) is 1. The molecular weight excluding hydrogens is 413 g/mol. The standard InChI is InChI=1S/C23H24FN5O3/c1-28(2)21-20(15-25-23(27-21)29-10-12-31-13-11-29)26-22(30)16-4-3-5-19(14-16)32-18-8-6-17(24)7-9-18/h3-9,14-15H,10-13H2,1-2H3,(H,26,30). The minimum atomic E-state index is -0.343. The zero-order valence-electron chi connectivity index (χ0n) is 17.9. The molecule has 2 aromatic carbocycles. The van der Waals surface area contributed by atoms with Crippen molar-refractivity contribution in [1.82, 2.24) is 9.97 Å². The van der Waals surface area contributed by atoms with Gasteiger partial charge in [-0.25, -0.2) is 9.37 Å². The van der Waals surface area contributed by atoms with Crippen LogP contribution in [0.1, 0.15) is 10.4 Å². The molecule has 3 aromatic rings. The van der Waals surface area contributed by atoms with E-state index in [1.54, 1.807) is 30.5 Å². The lowest BCUT2D eigenvalue weighted by atomic mass is 10.2. The van der Waals surface area contributed by atoms with E-state index in [4.69, 9.17) is 9.47 Å². The number of hydrogen-bond acceptors (Lipinski definition) is 7. The summed E-state index contributed by atoms with van der Waals surface area (Å²) in [6.07, 6.45) is 1.61. The van der Waals surface area contributed by atoms with Gasteiger partial charge in [-0.3, -0.25) is 4.79 Å². The van der Waals surface area contributed by atoms with Crippen molar-refractivity contribution in [3.63, 3.8) is 0 Å². The van der Waals surface area contributed by atoms with Gasteiger partial charge in [0.05, 0.1) is 19.4 Å². The third-order valence-electron chi connectivity index (χ3n) is 4.87. The van der Waals surface area contributed by atoms with Crippen molar-refractivity contribution in [3.05, 3.63) is 66.1 Å². The van der Waals surface area contributed by atoms with Crippen LogP contribution in [0.2, 0.25) is 0 Å². The Morgan fingerprint density at radius 2 is 1.88 bits per heavy atom. The zero-order chi connectivity index (χ0) is 22.5. The highest BCUT2D eigenvalue weighted by Gasteiger charge is 2.18. The van der Waals surface area contributed by atoms with Gasteiger partial charge in [0.2, 0.25) is 5.95 Å². The second kappa shape index (κ2) is 9.61. The molecule has 1 fully saturated rings. The van der Waals surface area contributed by atoms with E-state index in [0.717, 1.165) is 13.1 Å². The average molecular weight is 437 g/mol. The molecule has 0 saturated carbocycles. The highest BCUT2D eigenvalue weighted by atomic mass is 19.1. The summed E-state index contributed by atoms with van der Waals surface area (Å²) in [5, 5.41) is 2.88. The van der Waals surface area contributed by atoms with Crippen LogP contribution in [0.5, 0.6) is 11.5 Å². The van der Waals surface area contributed by atoms with Crippen LogP contribution in [-0.2, 0) is 4.74 Å². The molecule has 0 radical (unpaired) electrons. The summed E-state index contributed by atoms with van der Waals surface area (Å²) in [5.41, 5.74) is 0.911. The van der Waals surface area contributed by atoms with Gasteiger partial charge in [-0.05, 0) is 42.5 Å². The number of morpholine rings is 1. The van der Waals surface area contributed by atoms with Crippen molar-refractivity contribution >= 4 is 23.4 Å². The number of aromatic nitrogens is 2. The lowest BCUT2D eigenvalue weighted by Gasteiger charge is -2.28. The van der Waals surface area contributed by atoms with Crippen molar-refractivity contribution in [2.75, 3.05) is 55.5 Å². The molecule has 8 nitrogen and oxygen atoms in total. The van der Waals surface area contributed by atoms with Gasteiger partial charge in [-0.1, -0.05) is 6.07 Å². The van der Waals surface area contributed by atoms with Crippen LogP contribution in [-0.4, -0.2) is 56.3 Å². The predicted octanol–water partition coefficient (Wildman–Crippen LogP) is 3.56. The average Bonchev–Trinajstić information content (AvgIpc) is 2.81. The Morgan fingerprint density at radius 1 is 1.12 bits per heavy atom. The summed E-state index contributed by atoms with van der Waals surface area (Å²) in [6.45, 7) is 2.71. The Kier molecular flexibility index (Phi) is 6.46. The van der Waals surface area contributed by atoms with Gasteiger partial charge in [-0.15, -0.1) is 0 Å². The quantitative estimate of drug-likeness (QED) is 0.632. The van der Waals surface area contributed by atoms with Gasteiger partial charge in [-0.2, -0.15) is 4.98 Å². The summed E-state index contributed by atoms with van der Waals surface area (Å²) in [7, 11) is 3.72. The van der Waals surface area contributed by atoms with Crippen molar-refractivity contribution in [1.29, 1.82) is 0 Å². The molecule has 1 saturated heterocycles. The van der Waals surface area contributed by atoms with E-state index in [0.29, 0.717) is 47.7 Å². The highest BCUT2D eigenvalue weighted by Crippen LogP contribution is 2.26. The van der Waals surface area contributed by atoms with E-state index in [9.17, 15) is 9.18 Å². The minimum absolute atomic E-state index is 0.319. The van der Waals surface area contributed by atoms with Gasteiger partial charge in [0.15, 0.2) is 5.82 Å². The van der Waals surface area contributed by atoms with Crippen LogP contribution in [0, 0.1) is 5.82 Å². The van der Waals surface area contributed by atoms with Crippen LogP contribution in [0.25, 0.3) is 0 Å². The topological polar surface area (TPSA) is 79.8 Å². The van der Waals surface area contributed by atoms with Crippen LogP contribution in [0.15, 0.2) is 54.7 Å². The molecule has 1 aliphatic rings. The number of hydrogen-bond donors (Lipinski definition) is 1. The first-order valence-corrected chi connectivity index (χ1v) is 10.2. The van der Waals surface area contributed by atoms with Gasteiger partial charge in [0.25, 0.3) is 5.91 Å². The van der Waals surface area contributed by atoms with E-state index < -0.39 is 0 Å². The first kappa shape index (κ1) is 21.5. The number of amides is 1. The molecule has 0 unspecified atom stereocenters.